The lowest BCUT2D eigenvalue weighted by molar-refractivity contribution is -0.138. The summed E-state index contributed by atoms with van der Waals surface area (Å²) in [4.78, 5) is 43.9. The number of piperazine rings is 1. The van der Waals surface area contributed by atoms with Gasteiger partial charge in [-0.25, -0.2) is 9.69 Å². The number of carbonyl (C=O) groups is 3. The highest BCUT2D eigenvalue weighted by molar-refractivity contribution is 6.32. The van der Waals surface area contributed by atoms with Crippen molar-refractivity contribution in [2.45, 2.75) is 58.2 Å². The zero-order chi connectivity index (χ0) is 33.7. The van der Waals surface area contributed by atoms with Gasteiger partial charge in [-0.05, 0) is 74.2 Å². The summed E-state index contributed by atoms with van der Waals surface area (Å²) in [6.45, 7) is 7.31. The highest BCUT2D eigenvalue weighted by Gasteiger charge is 2.39. The number of halogens is 3. The molecule has 3 aromatic rings. The number of alkyl halides is 3. The number of amides is 4. The summed E-state index contributed by atoms with van der Waals surface area (Å²) < 4.78 is 40.3. The molecule has 1 atom stereocenters. The number of nitrogens with zero attached hydrogens (tertiary/aromatic N) is 4. The van der Waals surface area contributed by atoms with Gasteiger partial charge in [0.15, 0.2) is 0 Å². The van der Waals surface area contributed by atoms with Crippen LogP contribution in [0.1, 0.15) is 68.7 Å². The number of carbonyl (C=O) groups excluding carboxylic acids is 3. The van der Waals surface area contributed by atoms with E-state index >= 15 is 0 Å². The molecule has 0 aliphatic carbocycles. The van der Waals surface area contributed by atoms with Crippen LogP contribution in [0.5, 0.6) is 0 Å². The van der Waals surface area contributed by atoms with Crippen LogP contribution < -0.4 is 10.2 Å². The quantitative estimate of drug-likeness (QED) is 0.190. The van der Waals surface area contributed by atoms with Gasteiger partial charge in [-0.1, -0.05) is 55.3 Å². The number of hydrogen-bond acceptors (Lipinski definition) is 5. The average molecular weight is 646 g/mol. The van der Waals surface area contributed by atoms with Crippen LogP contribution in [0.15, 0.2) is 71.8 Å². The minimum absolute atomic E-state index is 0.0619. The monoisotopic (exact) mass is 645 g/mol. The maximum Gasteiger partial charge on any atom is 0.417 e. The number of nitriles is 1. The van der Waals surface area contributed by atoms with Gasteiger partial charge in [0.1, 0.15) is 0 Å². The zero-order valence-corrected chi connectivity index (χ0v) is 26.6. The van der Waals surface area contributed by atoms with Gasteiger partial charge < -0.3 is 10.2 Å². The lowest BCUT2D eigenvalue weighted by Gasteiger charge is -2.35. The third-order valence-electron chi connectivity index (χ3n) is 9.07. The Morgan fingerprint density at radius 2 is 1.64 bits per heavy atom. The first-order valence-electron chi connectivity index (χ1n) is 15.9. The number of fused-ring (bicyclic) bond motifs is 1. The number of unbranched alkanes of at least 4 members (excludes halogenated alkanes) is 3. The molecule has 0 unspecified atom stereocenters. The van der Waals surface area contributed by atoms with Crippen molar-refractivity contribution in [2.75, 3.05) is 37.6 Å². The Bertz CT molecular complexity index is 1730. The van der Waals surface area contributed by atoms with Crippen LogP contribution in [0.25, 0.3) is 10.8 Å². The van der Waals surface area contributed by atoms with E-state index in [0.717, 1.165) is 66.2 Å². The number of urea groups is 1. The highest BCUT2D eigenvalue weighted by Crippen LogP contribution is 2.37. The summed E-state index contributed by atoms with van der Waals surface area (Å²) in [5.41, 5.74) is -0.301. The third-order valence-corrected chi connectivity index (χ3v) is 9.07. The molecule has 0 radical (unpaired) electrons. The van der Waals surface area contributed by atoms with E-state index in [1.807, 2.05) is 30.0 Å². The third kappa shape index (κ3) is 7.49. The molecule has 246 valence electrons. The van der Waals surface area contributed by atoms with E-state index in [2.05, 4.69) is 34.5 Å². The molecule has 2 heterocycles. The van der Waals surface area contributed by atoms with Gasteiger partial charge in [0, 0.05) is 37.3 Å². The van der Waals surface area contributed by atoms with Gasteiger partial charge in [0.2, 0.25) is 0 Å². The van der Waals surface area contributed by atoms with Crippen LogP contribution in [0.3, 0.4) is 0 Å². The van der Waals surface area contributed by atoms with Crippen molar-refractivity contribution in [3.63, 3.8) is 0 Å². The van der Waals surface area contributed by atoms with Crippen LogP contribution in [-0.4, -0.2) is 60.4 Å². The predicted octanol–water partition coefficient (Wildman–Crippen LogP) is 6.96. The summed E-state index contributed by atoms with van der Waals surface area (Å²) in [6.07, 6.45) is -1.05. The summed E-state index contributed by atoms with van der Waals surface area (Å²) >= 11 is 0. The van der Waals surface area contributed by atoms with Crippen LogP contribution in [-0.2, 0) is 15.8 Å². The Morgan fingerprint density at radius 1 is 0.936 bits per heavy atom. The normalized spacial score (nSPS) is 16.6. The fraction of sp³-hybridized carbons (Fsp3) is 0.389. The van der Waals surface area contributed by atoms with Crippen molar-refractivity contribution in [2.24, 2.45) is 0 Å². The van der Waals surface area contributed by atoms with Crippen molar-refractivity contribution < 1.29 is 27.6 Å². The van der Waals surface area contributed by atoms with Crippen LogP contribution in [0.2, 0.25) is 0 Å². The first kappa shape index (κ1) is 33.7. The first-order chi connectivity index (χ1) is 22.5. The van der Waals surface area contributed by atoms with Gasteiger partial charge in [-0.3, -0.25) is 14.5 Å². The Kier molecular flexibility index (Phi) is 10.3. The molecule has 1 saturated heterocycles. The maximum atomic E-state index is 13.4. The summed E-state index contributed by atoms with van der Waals surface area (Å²) in [5, 5.41) is 14.5. The van der Waals surface area contributed by atoms with E-state index in [1.165, 1.54) is 19.1 Å². The molecule has 0 spiro atoms. The Labute approximate surface area is 272 Å². The van der Waals surface area contributed by atoms with Gasteiger partial charge >= 0.3 is 12.2 Å². The Balaban J connectivity index is 1.02. The molecule has 0 aromatic heterocycles. The molecule has 47 heavy (non-hydrogen) atoms. The van der Waals surface area contributed by atoms with E-state index in [1.54, 1.807) is 0 Å². The zero-order valence-electron chi connectivity index (χ0n) is 26.6. The fourth-order valence-corrected chi connectivity index (χ4v) is 6.36. The molecule has 1 fully saturated rings. The lowest BCUT2D eigenvalue weighted by Crippen LogP contribution is -2.52. The van der Waals surface area contributed by atoms with Crippen molar-refractivity contribution in [3.05, 3.63) is 88.5 Å². The molecule has 5 rings (SSSR count). The molecule has 11 heteroatoms. The lowest BCUT2D eigenvalue weighted by atomic mass is 10.00. The van der Waals surface area contributed by atoms with Crippen molar-refractivity contribution >= 4 is 34.3 Å². The maximum absolute atomic E-state index is 13.4. The molecule has 2 aliphatic rings. The van der Waals surface area contributed by atoms with Crippen LogP contribution in [0, 0.1) is 11.3 Å². The fourth-order valence-electron chi connectivity index (χ4n) is 6.36. The van der Waals surface area contributed by atoms with Crippen molar-refractivity contribution in [1.82, 2.24) is 15.1 Å². The van der Waals surface area contributed by atoms with Gasteiger partial charge in [-0.15, -0.1) is 0 Å². The van der Waals surface area contributed by atoms with E-state index in [9.17, 15) is 27.6 Å². The van der Waals surface area contributed by atoms with Gasteiger partial charge in [0.05, 0.1) is 28.9 Å². The van der Waals surface area contributed by atoms with E-state index in [-0.39, 0.29) is 23.3 Å². The number of imide groups is 1. The molecule has 0 saturated carbocycles. The molecule has 2 aliphatic heterocycles. The van der Waals surface area contributed by atoms with Crippen LogP contribution >= 0.6 is 0 Å². The van der Waals surface area contributed by atoms with Crippen LogP contribution in [0.4, 0.5) is 23.7 Å². The van der Waals surface area contributed by atoms with Gasteiger partial charge in [0.25, 0.3) is 11.8 Å². The Morgan fingerprint density at radius 3 is 2.36 bits per heavy atom. The van der Waals surface area contributed by atoms with Crippen molar-refractivity contribution in [1.29, 1.82) is 5.26 Å². The number of benzene rings is 3. The Hall–Kier alpha value is -4.69. The summed E-state index contributed by atoms with van der Waals surface area (Å²) in [6, 6.07) is 18.5. The number of nitrogens with one attached hydrogen (secondary N) is 1. The van der Waals surface area contributed by atoms with E-state index in [4.69, 9.17) is 5.26 Å². The van der Waals surface area contributed by atoms with E-state index < -0.39 is 29.1 Å². The van der Waals surface area contributed by atoms with Gasteiger partial charge in [-0.2, -0.15) is 18.4 Å². The largest absolute Gasteiger partial charge is 0.417 e. The summed E-state index contributed by atoms with van der Waals surface area (Å²) in [7, 11) is 0. The molecular weight excluding hydrogens is 607 g/mol. The second-order valence-electron chi connectivity index (χ2n) is 12.1. The smallest absolute Gasteiger partial charge is 0.331 e. The number of hydrogen-bond donors (Lipinski definition) is 1. The SMILES string of the molecule is CC1=C(CCCCCCN2CCN(C(=O)N[C@@H](C)c3cccc4ccccc34)CC2)C(=O)N(c2ccc(C#N)c(C(F)(F)F)c2)C1=O. The number of anilines is 1. The minimum atomic E-state index is -4.79. The molecule has 8 nitrogen and oxygen atoms in total. The highest BCUT2D eigenvalue weighted by atomic mass is 19.4. The average Bonchev–Trinajstić information content (AvgIpc) is 3.28. The first-order valence-corrected chi connectivity index (χ1v) is 15.9. The topological polar surface area (TPSA) is 96.8 Å². The second kappa shape index (κ2) is 14.4. The summed E-state index contributed by atoms with van der Waals surface area (Å²) in [5.74, 6) is -1.25. The second-order valence-corrected chi connectivity index (χ2v) is 12.1. The number of rotatable bonds is 10. The molecule has 1 N–H and O–H groups in total. The van der Waals surface area contributed by atoms with E-state index in [0.29, 0.717) is 37.6 Å². The molecule has 4 amide bonds. The van der Waals surface area contributed by atoms with Crippen molar-refractivity contribution in [3.8, 4) is 6.07 Å². The molecule has 0 bridgehead atoms. The molecule has 3 aromatic carbocycles. The predicted molar refractivity (Wildman–Crippen MR) is 173 cm³/mol. The standard InChI is InChI=1S/C36H38F3N5O3/c1-24-29(34(46)44(33(24)45)28-16-15-27(23-40)32(22-28)36(37,38)39)12-5-3-4-8-17-42-18-20-43(21-19-42)35(47)41-25(2)30-14-9-11-26-10-6-7-13-31(26)30/h6-7,9-11,13-16,22,25H,3-5,8,12,17-21H2,1-2H3,(H,41,47)/t25-/m0/s1. The molecular formula is C36H38F3N5O3. The minimum Gasteiger partial charge on any atom is -0.331 e.